The third-order valence-electron chi connectivity index (χ3n) is 0.439. The van der Waals surface area contributed by atoms with Gasteiger partial charge in [-0.05, 0) is 28.1 Å². The molecule has 0 radical (unpaired) electrons. The molecule has 0 saturated carbocycles. The Morgan fingerprint density at radius 1 is 2.00 bits per heavy atom. The van der Waals surface area contributed by atoms with E-state index in [9.17, 15) is 0 Å². The van der Waals surface area contributed by atoms with E-state index in [1.807, 2.05) is 0 Å². The fraction of sp³-hybridized carbons (Fsp3) is 0. The van der Waals surface area contributed by atoms with Crippen molar-refractivity contribution in [1.29, 1.82) is 0 Å². The molecule has 0 aliphatic carbocycles. The molecule has 0 unspecified atom stereocenters. The van der Waals surface area contributed by atoms with Gasteiger partial charge >= 0.3 is 0 Å². The predicted octanol–water partition coefficient (Wildman–Crippen LogP) is 2.04. The van der Waals surface area contributed by atoms with Gasteiger partial charge in [-0.15, -0.1) is 0 Å². The molecular formula is C4H3BrO. The van der Waals surface area contributed by atoms with E-state index in [-0.39, 0.29) is 6.24 Å². The molecule has 1 nitrogen and oxygen atoms in total. The first kappa shape index (κ1) is 2.86. The average Bonchev–Trinajstić information content (AvgIpc) is 1.87. The lowest BCUT2D eigenvalue weighted by molar-refractivity contribution is 0.541. The third-order valence-corrected chi connectivity index (χ3v) is 0.865. The summed E-state index contributed by atoms with van der Waals surface area (Å²) in [6.07, 6.45) is 0.187. The van der Waals surface area contributed by atoms with Crippen LogP contribution < -0.4 is 0 Å². The highest BCUT2D eigenvalue weighted by atomic mass is 79.9. The Bertz CT molecular complexity index is 144. The summed E-state index contributed by atoms with van der Waals surface area (Å²) in [7, 11) is 0. The minimum atomic E-state index is 0.187. The van der Waals surface area contributed by atoms with Crippen molar-refractivity contribution < 1.29 is 5.79 Å². The van der Waals surface area contributed by atoms with Crippen molar-refractivity contribution in [3.8, 4) is 0 Å². The van der Waals surface area contributed by atoms with E-state index < -0.39 is 0 Å². The number of halogens is 1. The van der Waals surface area contributed by atoms with Crippen LogP contribution in [0.1, 0.15) is 1.37 Å². The molecule has 32 valence electrons. The summed E-state index contributed by atoms with van der Waals surface area (Å²) >= 11 is 3.05. The highest BCUT2D eigenvalue weighted by molar-refractivity contribution is 9.10. The minimum absolute atomic E-state index is 0.187. The van der Waals surface area contributed by atoms with E-state index in [1.54, 1.807) is 12.1 Å². The Morgan fingerprint density at radius 2 is 2.83 bits per heavy atom. The number of rotatable bonds is 0. The van der Waals surface area contributed by atoms with Crippen molar-refractivity contribution in [3.05, 3.63) is 23.0 Å². The van der Waals surface area contributed by atoms with Crippen LogP contribution in [0.2, 0.25) is 0 Å². The molecule has 1 aromatic heterocycles. The van der Waals surface area contributed by atoms with Gasteiger partial charge in [0.25, 0.3) is 0 Å². The van der Waals surface area contributed by atoms with Gasteiger partial charge in [-0.3, -0.25) is 0 Å². The Kier molecular flexibility index (Phi) is 0.701. The van der Waals surface area contributed by atoms with E-state index in [0.29, 0.717) is 4.67 Å². The zero-order chi connectivity index (χ0) is 5.28. The van der Waals surface area contributed by atoms with Gasteiger partial charge in [0.2, 0.25) is 0 Å². The first-order valence-corrected chi connectivity index (χ1v) is 2.30. The second-order valence-electron chi connectivity index (χ2n) is 0.857. The molecule has 0 aromatic carbocycles. The fourth-order valence-electron chi connectivity index (χ4n) is 0.224. The first-order valence-electron chi connectivity index (χ1n) is 2.01. The molecule has 0 bridgehead atoms. The van der Waals surface area contributed by atoms with E-state index in [2.05, 4.69) is 20.3 Å². The monoisotopic (exact) mass is 147 g/mol. The maximum absolute atomic E-state index is 6.82. The van der Waals surface area contributed by atoms with Gasteiger partial charge in [0.15, 0.2) is 4.67 Å². The fourth-order valence-corrected chi connectivity index (χ4v) is 0.449. The molecule has 0 spiro atoms. The van der Waals surface area contributed by atoms with Crippen molar-refractivity contribution in [1.82, 2.24) is 0 Å². The number of furan rings is 1. The van der Waals surface area contributed by atoms with Crippen LogP contribution in [-0.2, 0) is 0 Å². The normalized spacial score (nSPS) is 11.2. The van der Waals surface area contributed by atoms with Crippen molar-refractivity contribution in [2.45, 2.75) is 0 Å². The molecule has 1 aromatic rings. The van der Waals surface area contributed by atoms with Gasteiger partial charge in [0, 0.05) is 0 Å². The standard InChI is InChI=1S/C4H3BrO/c5-4-2-1-3-6-4/h1-3H/i3D. The lowest BCUT2D eigenvalue weighted by Crippen LogP contribution is -1.35. The Balaban J connectivity index is 3.04. The zero-order valence-electron chi connectivity index (χ0n) is 3.94. The number of hydrogen-bond donors (Lipinski definition) is 0. The van der Waals surface area contributed by atoms with Crippen LogP contribution in [0.15, 0.2) is 27.5 Å². The second-order valence-corrected chi connectivity index (χ2v) is 1.64. The summed E-state index contributed by atoms with van der Waals surface area (Å²) in [5.41, 5.74) is 0. The number of hydrogen-bond acceptors (Lipinski definition) is 1. The van der Waals surface area contributed by atoms with Crippen LogP contribution in [0.4, 0.5) is 0 Å². The molecule has 0 N–H and O–H groups in total. The van der Waals surface area contributed by atoms with Crippen molar-refractivity contribution in [3.63, 3.8) is 0 Å². The summed E-state index contributed by atoms with van der Waals surface area (Å²) in [6.45, 7) is 0. The zero-order valence-corrected chi connectivity index (χ0v) is 4.53. The third kappa shape index (κ3) is 0.627. The summed E-state index contributed by atoms with van der Waals surface area (Å²) in [6, 6.07) is 3.26. The van der Waals surface area contributed by atoms with Crippen molar-refractivity contribution in [2.24, 2.45) is 0 Å². The van der Waals surface area contributed by atoms with E-state index in [4.69, 9.17) is 1.37 Å². The molecule has 1 rings (SSSR count). The van der Waals surface area contributed by atoms with Crippen molar-refractivity contribution in [2.75, 3.05) is 0 Å². The van der Waals surface area contributed by atoms with Crippen LogP contribution in [0.3, 0.4) is 0 Å². The molecule has 1 heterocycles. The summed E-state index contributed by atoms with van der Waals surface area (Å²) < 4.78 is 12.1. The predicted molar refractivity (Wildman–Crippen MR) is 26.4 cm³/mol. The largest absolute Gasteiger partial charge is 0.458 e. The summed E-state index contributed by atoms with van der Waals surface area (Å²) in [4.78, 5) is 0. The Morgan fingerprint density at radius 3 is 3.00 bits per heavy atom. The molecule has 0 fully saturated rings. The summed E-state index contributed by atoms with van der Waals surface area (Å²) in [5.74, 6) is 0. The van der Waals surface area contributed by atoms with Crippen LogP contribution in [0.5, 0.6) is 0 Å². The molecular weight excluding hydrogens is 144 g/mol. The van der Waals surface area contributed by atoms with Crippen molar-refractivity contribution >= 4 is 15.9 Å². The smallest absolute Gasteiger partial charge is 0.168 e. The van der Waals surface area contributed by atoms with Gasteiger partial charge in [-0.2, -0.15) is 0 Å². The maximum Gasteiger partial charge on any atom is 0.168 e. The second kappa shape index (κ2) is 1.47. The van der Waals surface area contributed by atoms with Crippen LogP contribution in [0.25, 0.3) is 0 Å². The van der Waals surface area contributed by atoms with Gasteiger partial charge in [0.1, 0.15) is 1.37 Å². The van der Waals surface area contributed by atoms with Crippen LogP contribution in [0, 0.1) is 0 Å². The van der Waals surface area contributed by atoms with E-state index in [1.165, 1.54) is 0 Å². The SMILES string of the molecule is [2H]c1ccc(Br)o1. The highest BCUT2D eigenvalue weighted by Gasteiger charge is 1.78. The van der Waals surface area contributed by atoms with Crippen LogP contribution >= 0.6 is 15.9 Å². The first-order chi connectivity index (χ1) is 3.29. The summed E-state index contributed by atoms with van der Waals surface area (Å²) in [5, 5.41) is 0. The topological polar surface area (TPSA) is 13.1 Å². The molecule has 0 saturated heterocycles. The average molecular weight is 148 g/mol. The van der Waals surface area contributed by atoms with Crippen LogP contribution in [-0.4, -0.2) is 0 Å². The van der Waals surface area contributed by atoms with E-state index >= 15 is 0 Å². The Labute approximate surface area is 45.5 Å². The van der Waals surface area contributed by atoms with Gasteiger partial charge in [-0.1, -0.05) is 0 Å². The van der Waals surface area contributed by atoms with E-state index in [0.717, 1.165) is 0 Å². The maximum atomic E-state index is 6.82. The molecule has 0 atom stereocenters. The molecule has 6 heavy (non-hydrogen) atoms. The Hall–Kier alpha value is -0.240. The molecule has 2 heteroatoms. The molecule has 0 aliphatic rings. The lowest BCUT2D eigenvalue weighted by atomic mass is 10.7. The quantitative estimate of drug-likeness (QED) is 0.548. The highest BCUT2D eigenvalue weighted by Crippen LogP contribution is 2.06. The van der Waals surface area contributed by atoms with Gasteiger partial charge in [0.05, 0.1) is 6.24 Å². The lowest BCUT2D eigenvalue weighted by Gasteiger charge is -1.66. The minimum Gasteiger partial charge on any atom is -0.458 e. The molecule has 0 amide bonds. The van der Waals surface area contributed by atoms with Gasteiger partial charge in [-0.25, -0.2) is 0 Å². The molecule has 0 aliphatic heterocycles. The van der Waals surface area contributed by atoms with Gasteiger partial charge < -0.3 is 4.42 Å².